The van der Waals surface area contributed by atoms with Gasteiger partial charge in [-0.3, -0.25) is 14.5 Å². The Balaban J connectivity index is 0.000000411. The highest BCUT2D eigenvalue weighted by molar-refractivity contribution is 5.76. The van der Waals surface area contributed by atoms with Crippen molar-refractivity contribution in [3.8, 4) is 0 Å². The maximum absolute atomic E-state index is 11.2. The van der Waals surface area contributed by atoms with E-state index in [0.29, 0.717) is 6.61 Å². The van der Waals surface area contributed by atoms with Gasteiger partial charge in [0.1, 0.15) is 11.8 Å². The molecule has 0 amide bonds. The summed E-state index contributed by atoms with van der Waals surface area (Å²) in [5.41, 5.74) is -0.362. The second-order valence-corrected chi connectivity index (χ2v) is 4.07. The highest BCUT2D eigenvalue weighted by Crippen LogP contribution is 2.25. The van der Waals surface area contributed by atoms with E-state index in [0.717, 1.165) is 0 Å². The van der Waals surface area contributed by atoms with Crippen LogP contribution in [0.4, 0.5) is 13.2 Å². The van der Waals surface area contributed by atoms with Crippen LogP contribution in [0.1, 0.15) is 13.8 Å². The van der Waals surface area contributed by atoms with Crippen molar-refractivity contribution in [1.82, 2.24) is 4.90 Å². The Morgan fingerprint density at radius 3 is 2.17 bits per heavy atom. The molecule has 1 aliphatic heterocycles. The smallest absolute Gasteiger partial charge is 0.446 e. The summed E-state index contributed by atoms with van der Waals surface area (Å²) in [6, 6.07) is -0.259. The van der Waals surface area contributed by atoms with Crippen LogP contribution in [0.25, 0.3) is 0 Å². The molecule has 1 fully saturated rings. The summed E-state index contributed by atoms with van der Waals surface area (Å²) >= 11 is 0. The molecule has 18 heavy (non-hydrogen) atoms. The fourth-order valence-electron chi connectivity index (χ4n) is 1.23. The molecule has 1 aliphatic rings. The van der Waals surface area contributed by atoms with Gasteiger partial charge in [-0.15, -0.1) is 0 Å². The number of hydrogen-bond acceptors (Lipinski definition) is 5. The molecular formula is C10H16F3NO4. The number of methoxy groups -OCH3 is 1. The van der Waals surface area contributed by atoms with Crippen LogP contribution in [0.2, 0.25) is 0 Å². The third-order valence-electron chi connectivity index (χ3n) is 2.52. The van der Waals surface area contributed by atoms with E-state index >= 15 is 0 Å². The molecule has 1 unspecified atom stereocenters. The molecule has 0 saturated carbocycles. The van der Waals surface area contributed by atoms with Gasteiger partial charge in [0.05, 0.1) is 13.7 Å². The Morgan fingerprint density at radius 1 is 1.50 bits per heavy atom. The van der Waals surface area contributed by atoms with Gasteiger partial charge in [0.25, 0.3) is 0 Å². The van der Waals surface area contributed by atoms with Gasteiger partial charge in [0.2, 0.25) is 6.29 Å². The summed E-state index contributed by atoms with van der Waals surface area (Å²) in [4.78, 5) is 21.7. The summed E-state index contributed by atoms with van der Waals surface area (Å²) in [5.74, 6) is -0.233. The number of rotatable bonds is 1. The quantitative estimate of drug-likeness (QED) is 0.525. The molecule has 5 nitrogen and oxygen atoms in total. The number of likely N-dealkylation sites (N-methyl/N-ethyl adjacent to an activating group) is 1. The van der Waals surface area contributed by atoms with Crippen LogP contribution in [0.3, 0.4) is 0 Å². The third-order valence-corrected chi connectivity index (χ3v) is 2.52. The van der Waals surface area contributed by atoms with Crippen molar-refractivity contribution in [1.29, 1.82) is 0 Å². The zero-order chi connectivity index (χ0) is 14.6. The molecule has 0 radical (unpaired) electrons. The SMILES string of the molecule is COC(=O)C1COC(C)(C)N1C.O=CC(F)(F)F. The highest BCUT2D eigenvalue weighted by Gasteiger charge is 2.42. The number of alkyl halides is 3. The Hall–Kier alpha value is -1.15. The third kappa shape index (κ3) is 5.01. The fourth-order valence-corrected chi connectivity index (χ4v) is 1.23. The normalized spacial score (nSPS) is 22.9. The van der Waals surface area contributed by atoms with Crippen LogP contribution in [0.15, 0.2) is 0 Å². The van der Waals surface area contributed by atoms with Gasteiger partial charge < -0.3 is 9.47 Å². The van der Waals surface area contributed by atoms with Crippen molar-refractivity contribution in [3.05, 3.63) is 0 Å². The van der Waals surface area contributed by atoms with Gasteiger partial charge in [-0.2, -0.15) is 13.2 Å². The molecule has 0 bridgehead atoms. The zero-order valence-electron chi connectivity index (χ0n) is 10.6. The number of carbonyl (C=O) groups excluding carboxylic acids is 2. The van der Waals surface area contributed by atoms with Crippen molar-refractivity contribution in [3.63, 3.8) is 0 Å². The van der Waals surface area contributed by atoms with Gasteiger partial charge in [0, 0.05) is 0 Å². The number of aldehydes is 1. The summed E-state index contributed by atoms with van der Waals surface area (Å²) in [7, 11) is 3.25. The van der Waals surface area contributed by atoms with Crippen LogP contribution in [-0.4, -0.2) is 55.9 Å². The van der Waals surface area contributed by atoms with E-state index in [-0.39, 0.29) is 17.7 Å². The van der Waals surface area contributed by atoms with Crippen LogP contribution in [0, 0.1) is 0 Å². The average Bonchev–Trinajstić information content (AvgIpc) is 2.53. The molecule has 106 valence electrons. The second-order valence-electron chi connectivity index (χ2n) is 4.07. The van der Waals surface area contributed by atoms with Crippen LogP contribution in [0.5, 0.6) is 0 Å². The van der Waals surface area contributed by atoms with Crippen molar-refractivity contribution in [2.45, 2.75) is 31.8 Å². The maximum atomic E-state index is 11.2. The van der Waals surface area contributed by atoms with Crippen molar-refractivity contribution < 1.29 is 32.2 Å². The predicted octanol–water partition coefficient (Wildman–Crippen LogP) is 0.974. The molecule has 1 saturated heterocycles. The topological polar surface area (TPSA) is 55.8 Å². The molecule has 1 atom stereocenters. The molecule has 1 heterocycles. The lowest BCUT2D eigenvalue weighted by molar-refractivity contribution is -0.156. The van der Waals surface area contributed by atoms with E-state index in [1.807, 2.05) is 25.8 Å². The predicted molar refractivity (Wildman–Crippen MR) is 55.7 cm³/mol. The Kier molecular flexibility index (Phi) is 5.75. The Morgan fingerprint density at radius 2 is 1.94 bits per heavy atom. The lowest BCUT2D eigenvalue weighted by Gasteiger charge is -2.28. The minimum atomic E-state index is -4.64. The summed E-state index contributed by atoms with van der Waals surface area (Å²) in [6.07, 6.45) is -5.70. The van der Waals surface area contributed by atoms with Gasteiger partial charge >= 0.3 is 12.1 Å². The number of nitrogens with zero attached hydrogens (tertiary/aromatic N) is 1. The van der Waals surface area contributed by atoms with Gasteiger partial charge in [-0.1, -0.05) is 0 Å². The van der Waals surface area contributed by atoms with Crippen molar-refractivity contribution in [2.75, 3.05) is 20.8 Å². The highest BCUT2D eigenvalue weighted by atomic mass is 19.4. The van der Waals surface area contributed by atoms with Gasteiger partial charge in [0.15, 0.2) is 0 Å². The Bertz CT molecular complexity index is 304. The molecule has 0 spiro atoms. The summed E-state index contributed by atoms with van der Waals surface area (Å²) < 4.78 is 41.3. The van der Waals surface area contributed by atoms with Crippen molar-refractivity contribution >= 4 is 12.3 Å². The van der Waals surface area contributed by atoms with Gasteiger partial charge in [-0.05, 0) is 20.9 Å². The van der Waals surface area contributed by atoms with Crippen LogP contribution < -0.4 is 0 Å². The minimum absolute atomic E-state index is 0.233. The minimum Gasteiger partial charge on any atom is -0.468 e. The number of halogens is 3. The fraction of sp³-hybridized carbons (Fsp3) is 0.800. The molecule has 1 rings (SSSR count). The van der Waals surface area contributed by atoms with Gasteiger partial charge in [-0.25, -0.2) is 0 Å². The molecule has 8 heteroatoms. The summed E-state index contributed by atoms with van der Waals surface area (Å²) in [5, 5.41) is 0. The molecular weight excluding hydrogens is 255 g/mol. The first-order valence-electron chi connectivity index (χ1n) is 5.03. The monoisotopic (exact) mass is 271 g/mol. The van der Waals surface area contributed by atoms with E-state index in [1.165, 1.54) is 7.11 Å². The van der Waals surface area contributed by atoms with Crippen LogP contribution >= 0.6 is 0 Å². The lowest BCUT2D eigenvalue weighted by Crippen LogP contribution is -2.44. The number of hydrogen-bond donors (Lipinski definition) is 0. The molecule has 0 aromatic rings. The molecule has 0 aromatic carbocycles. The number of ether oxygens (including phenoxy) is 2. The Labute approximate surface area is 103 Å². The molecule has 0 aliphatic carbocycles. The zero-order valence-corrected chi connectivity index (χ0v) is 10.6. The van der Waals surface area contributed by atoms with E-state index in [4.69, 9.17) is 9.53 Å². The standard InChI is InChI=1S/C8H15NO3.C2HF3O/c1-8(2)9(3)6(5-12-8)7(10)11-4;3-2(4,5)1-6/h6H,5H2,1-4H3;1H. The average molecular weight is 271 g/mol. The van der Waals surface area contributed by atoms with Crippen LogP contribution in [-0.2, 0) is 19.1 Å². The molecule has 0 aromatic heterocycles. The summed E-state index contributed by atoms with van der Waals surface area (Å²) in [6.45, 7) is 4.27. The first-order chi connectivity index (χ1) is 8.05. The van der Waals surface area contributed by atoms with E-state index in [2.05, 4.69) is 4.74 Å². The number of esters is 1. The first kappa shape index (κ1) is 16.9. The largest absolute Gasteiger partial charge is 0.468 e. The van der Waals surface area contributed by atoms with E-state index < -0.39 is 12.5 Å². The van der Waals surface area contributed by atoms with E-state index in [1.54, 1.807) is 0 Å². The van der Waals surface area contributed by atoms with Crippen molar-refractivity contribution in [2.24, 2.45) is 0 Å². The molecule has 0 N–H and O–H groups in total. The maximum Gasteiger partial charge on any atom is 0.446 e. The lowest BCUT2D eigenvalue weighted by atomic mass is 10.2. The van der Waals surface area contributed by atoms with E-state index in [9.17, 15) is 18.0 Å². The first-order valence-corrected chi connectivity index (χ1v) is 5.03. The number of carbonyl (C=O) groups is 2. The second kappa shape index (κ2) is 6.14.